The van der Waals surface area contributed by atoms with Crippen LogP contribution in [0.3, 0.4) is 0 Å². The second kappa shape index (κ2) is 12.9. The topological polar surface area (TPSA) is 105 Å². The van der Waals surface area contributed by atoms with Crippen molar-refractivity contribution >= 4 is 17.6 Å². The monoisotopic (exact) mass is 546 g/mol. The number of carbonyl (C=O) groups excluding carboxylic acids is 2. The Balaban J connectivity index is 1.59. The van der Waals surface area contributed by atoms with E-state index in [1.54, 1.807) is 31.6 Å². The minimum Gasteiger partial charge on any atom is -0.467 e. The first-order valence-corrected chi connectivity index (χ1v) is 13.7. The van der Waals surface area contributed by atoms with Crippen LogP contribution in [0.15, 0.2) is 78.6 Å². The Kier molecular flexibility index (Phi) is 9.37. The lowest BCUT2D eigenvalue weighted by molar-refractivity contribution is -0.384. The van der Waals surface area contributed by atoms with Gasteiger partial charge in [-0.15, -0.1) is 0 Å². The lowest BCUT2D eigenvalue weighted by atomic mass is 9.79. The highest BCUT2D eigenvalue weighted by Crippen LogP contribution is 2.39. The van der Waals surface area contributed by atoms with Crippen molar-refractivity contribution < 1.29 is 19.2 Å². The molecule has 9 heteroatoms. The van der Waals surface area contributed by atoms with Crippen LogP contribution in [0.5, 0.6) is 0 Å². The van der Waals surface area contributed by atoms with E-state index in [9.17, 15) is 19.7 Å². The Bertz CT molecular complexity index is 1250. The summed E-state index contributed by atoms with van der Waals surface area (Å²) in [6.07, 6.45) is 8.09. The number of non-ortho nitro benzene ring substituents is 1. The van der Waals surface area contributed by atoms with Gasteiger partial charge in [0.1, 0.15) is 0 Å². The summed E-state index contributed by atoms with van der Waals surface area (Å²) >= 11 is 0. The number of rotatable bonds is 10. The number of likely N-dealkylation sites (N-methyl/N-ethyl adjacent to an activating group) is 1. The largest absolute Gasteiger partial charge is 0.467 e. The van der Waals surface area contributed by atoms with Gasteiger partial charge in [0.05, 0.1) is 12.0 Å². The van der Waals surface area contributed by atoms with Crippen molar-refractivity contribution in [2.75, 3.05) is 33.8 Å². The first-order chi connectivity index (χ1) is 19.3. The van der Waals surface area contributed by atoms with Gasteiger partial charge < -0.3 is 19.9 Å². The van der Waals surface area contributed by atoms with Crippen LogP contribution in [0, 0.1) is 16.0 Å². The van der Waals surface area contributed by atoms with E-state index in [1.807, 2.05) is 12.1 Å². The van der Waals surface area contributed by atoms with E-state index in [0.29, 0.717) is 29.9 Å². The number of amides is 1. The average Bonchev–Trinajstić information content (AvgIpc) is 3.00. The Hall–Kier alpha value is -3.98. The second-order valence-corrected chi connectivity index (χ2v) is 10.8. The number of dihydropyridines is 1. The minimum atomic E-state index is -1.47. The Morgan fingerprint density at radius 2 is 1.82 bits per heavy atom. The zero-order valence-corrected chi connectivity index (χ0v) is 23.4. The molecule has 40 heavy (non-hydrogen) atoms. The van der Waals surface area contributed by atoms with Crippen molar-refractivity contribution in [3.63, 3.8) is 0 Å². The van der Waals surface area contributed by atoms with E-state index in [0.717, 1.165) is 32.5 Å². The molecule has 1 amide bonds. The van der Waals surface area contributed by atoms with E-state index in [-0.39, 0.29) is 17.5 Å². The molecule has 0 saturated carbocycles. The summed E-state index contributed by atoms with van der Waals surface area (Å²) in [7, 11) is 2.92. The number of nitrogens with zero attached hydrogens (tertiary/aromatic N) is 3. The van der Waals surface area contributed by atoms with Crippen LogP contribution in [0.1, 0.15) is 49.7 Å². The molecule has 0 aromatic heterocycles. The number of nitro benzene ring substituents is 1. The number of nitro groups is 1. The summed E-state index contributed by atoms with van der Waals surface area (Å²) in [4.78, 5) is 42.1. The highest BCUT2D eigenvalue weighted by Gasteiger charge is 2.49. The number of piperidine rings is 1. The quantitative estimate of drug-likeness (QED) is 0.261. The number of hydrogen-bond donors (Lipinski definition) is 1. The summed E-state index contributed by atoms with van der Waals surface area (Å²) in [5.41, 5.74) is 0.811. The van der Waals surface area contributed by atoms with Crippen molar-refractivity contribution in [1.82, 2.24) is 15.1 Å². The molecule has 0 aliphatic carbocycles. The number of ether oxygens (including phenoxy) is 1. The number of esters is 1. The van der Waals surface area contributed by atoms with Gasteiger partial charge in [-0.3, -0.25) is 14.9 Å². The molecular weight excluding hydrogens is 508 g/mol. The van der Waals surface area contributed by atoms with E-state index < -0.39 is 16.4 Å². The molecule has 4 rings (SSSR count). The lowest BCUT2D eigenvalue weighted by Gasteiger charge is -2.43. The number of allylic oxidation sites excluding steroid dienone is 1. The van der Waals surface area contributed by atoms with Gasteiger partial charge in [0.2, 0.25) is 0 Å². The zero-order valence-electron chi connectivity index (χ0n) is 23.4. The molecule has 0 radical (unpaired) electrons. The third kappa shape index (κ3) is 6.25. The lowest BCUT2D eigenvalue weighted by Crippen LogP contribution is -2.55. The summed E-state index contributed by atoms with van der Waals surface area (Å²) in [6, 6.07) is 16.5. The molecule has 1 saturated heterocycles. The van der Waals surface area contributed by atoms with E-state index >= 15 is 0 Å². The van der Waals surface area contributed by atoms with Crippen molar-refractivity contribution in [3.05, 3.63) is 99.9 Å². The van der Waals surface area contributed by atoms with E-state index in [4.69, 9.17) is 4.74 Å². The maximum Gasteiger partial charge on any atom is 0.336 e. The van der Waals surface area contributed by atoms with Crippen LogP contribution in [-0.4, -0.2) is 60.4 Å². The summed E-state index contributed by atoms with van der Waals surface area (Å²) in [6.45, 7) is 4.73. The summed E-state index contributed by atoms with van der Waals surface area (Å²) in [5, 5.41) is 14.3. The molecule has 2 aliphatic heterocycles. The maximum absolute atomic E-state index is 13.7. The predicted molar refractivity (Wildman–Crippen MR) is 153 cm³/mol. The van der Waals surface area contributed by atoms with Gasteiger partial charge in [-0.05, 0) is 80.1 Å². The average molecular weight is 547 g/mol. The SMILES string of the molecule is COC(=O)C(CC(C)CN1CCC(c2ccccc2)CC1)(c1ccc([N+](=O)[O-])cc1)N(C)C(=O)C1=CNC=CC1. The van der Waals surface area contributed by atoms with Gasteiger partial charge in [-0.25, -0.2) is 4.79 Å². The summed E-state index contributed by atoms with van der Waals surface area (Å²) < 4.78 is 5.33. The fourth-order valence-corrected chi connectivity index (χ4v) is 6.00. The second-order valence-electron chi connectivity index (χ2n) is 10.8. The van der Waals surface area contributed by atoms with Gasteiger partial charge in [0.15, 0.2) is 5.54 Å². The summed E-state index contributed by atoms with van der Waals surface area (Å²) in [5.74, 6) is -0.336. The zero-order chi connectivity index (χ0) is 28.7. The molecule has 2 aromatic rings. The van der Waals surface area contributed by atoms with Crippen molar-refractivity contribution in [2.24, 2.45) is 5.92 Å². The Morgan fingerprint density at radius 3 is 2.40 bits per heavy atom. The number of hydrogen-bond acceptors (Lipinski definition) is 7. The molecule has 2 aromatic carbocycles. The highest BCUT2D eigenvalue weighted by atomic mass is 16.6. The normalized spacial score (nSPS) is 18.1. The van der Waals surface area contributed by atoms with Gasteiger partial charge >= 0.3 is 5.97 Å². The van der Waals surface area contributed by atoms with Crippen LogP contribution in [0.2, 0.25) is 0 Å². The fourth-order valence-electron chi connectivity index (χ4n) is 6.00. The molecule has 0 spiro atoms. The molecule has 0 bridgehead atoms. The molecule has 2 unspecified atom stereocenters. The van der Waals surface area contributed by atoms with E-state index in [2.05, 4.69) is 41.4 Å². The molecule has 1 N–H and O–H groups in total. The molecular formula is C31H38N4O5. The van der Waals surface area contributed by atoms with Gasteiger partial charge in [-0.1, -0.05) is 43.3 Å². The molecule has 9 nitrogen and oxygen atoms in total. The molecule has 1 fully saturated rings. The molecule has 212 valence electrons. The first-order valence-electron chi connectivity index (χ1n) is 13.7. The number of likely N-dealkylation sites (tertiary alicyclic amines) is 1. The number of methoxy groups -OCH3 is 1. The van der Waals surface area contributed by atoms with Gasteiger partial charge in [0, 0.05) is 37.5 Å². The molecule has 2 heterocycles. The van der Waals surface area contributed by atoms with Crippen molar-refractivity contribution in [1.29, 1.82) is 0 Å². The van der Waals surface area contributed by atoms with Crippen LogP contribution in [-0.2, 0) is 19.9 Å². The van der Waals surface area contributed by atoms with Crippen molar-refractivity contribution in [3.8, 4) is 0 Å². The molecule has 2 aliphatic rings. The van der Waals surface area contributed by atoms with Gasteiger partial charge in [0.25, 0.3) is 11.6 Å². The van der Waals surface area contributed by atoms with Crippen molar-refractivity contribution in [2.45, 2.75) is 44.1 Å². The Morgan fingerprint density at radius 1 is 1.15 bits per heavy atom. The van der Waals surface area contributed by atoms with Crippen LogP contribution >= 0.6 is 0 Å². The third-order valence-corrected chi connectivity index (χ3v) is 8.11. The van der Waals surface area contributed by atoms with Crippen LogP contribution in [0.4, 0.5) is 5.69 Å². The van der Waals surface area contributed by atoms with Crippen LogP contribution < -0.4 is 5.32 Å². The maximum atomic E-state index is 13.7. The van der Waals surface area contributed by atoms with E-state index in [1.165, 1.54) is 29.7 Å². The standard InChI is InChI=1S/C31H38N4O5/c1-23(22-34-18-15-25(16-19-34)24-8-5-4-6-9-24)20-31(30(37)40-3,27-11-13-28(14-12-27)35(38)39)33(2)29(36)26-10-7-17-32-21-26/h4-9,11-14,17,21,23,25,32H,10,15-16,18-20,22H2,1-3H3. The minimum absolute atomic E-state index is 0.0103. The highest BCUT2D eigenvalue weighted by molar-refractivity contribution is 5.98. The molecule has 2 atom stereocenters. The Labute approximate surface area is 235 Å². The number of carbonyl (C=O) groups is 2. The fraction of sp³-hybridized carbons (Fsp3) is 0.419. The predicted octanol–water partition coefficient (Wildman–Crippen LogP) is 4.72. The van der Waals surface area contributed by atoms with Gasteiger partial charge in [-0.2, -0.15) is 0 Å². The van der Waals surface area contributed by atoms with Crippen LogP contribution in [0.25, 0.3) is 0 Å². The smallest absolute Gasteiger partial charge is 0.336 e. The number of nitrogens with one attached hydrogen (secondary N) is 1. The third-order valence-electron chi connectivity index (χ3n) is 8.11. The first kappa shape index (κ1) is 29.0. The number of benzene rings is 2.